The zero-order chi connectivity index (χ0) is 11.9. The minimum atomic E-state index is -0.715. The van der Waals surface area contributed by atoms with Crippen LogP contribution < -0.4 is 0 Å². The highest BCUT2D eigenvalue weighted by atomic mass is 16.4. The predicted molar refractivity (Wildman–Crippen MR) is 62.1 cm³/mol. The number of benzene rings is 1. The van der Waals surface area contributed by atoms with Crippen LogP contribution in [0.2, 0.25) is 0 Å². The summed E-state index contributed by atoms with van der Waals surface area (Å²) in [6.45, 7) is 0. The minimum absolute atomic E-state index is 0.618. The molecule has 1 saturated carbocycles. The molecule has 0 spiro atoms. The van der Waals surface area contributed by atoms with Crippen molar-refractivity contribution >= 4 is 5.97 Å². The number of imidazole rings is 1. The van der Waals surface area contributed by atoms with Gasteiger partial charge in [0.1, 0.15) is 0 Å². The third-order valence-corrected chi connectivity index (χ3v) is 3.38. The molecule has 1 aromatic heterocycles. The number of aromatic nitrogens is 2. The number of carbonyl (C=O) groups is 1. The van der Waals surface area contributed by atoms with Crippen LogP contribution in [-0.4, -0.2) is 20.6 Å². The van der Waals surface area contributed by atoms with Gasteiger partial charge >= 0.3 is 5.97 Å². The Kier molecular flexibility index (Phi) is 2.04. The first kappa shape index (κ1) is 10.1. The van der Waals surface area contributed by atoms with Crippen LogP contribution >= 0.6 is 0 Å². The van der Waals surface area contributed by atoms with Crippen LogP contribution in [0.1, 0.15) is 18.4 Å². The van der Waals surface area contributed by atoms with E-state index in [0.29, 0.717) is 0 Å². The molecule has 1 N–H and O–H groups in total. The molecular weight excluding hydrogens is 216 g/mol. The SMILES string of the molecule is O=C(O)C1(c2ccc(-n3ccnc3)cc2)CC1. The maximum Gasteiger partial charge on any atom is 0.314 e. The Morgan fingerprint density at radius 2 is 2.00 bits per heavy atom. The van der Waals surface area contributed by atoms with Crippen molar-refractivity contribution in [1.29, 1.82) is 0 Å². The van der Waals surface area contributed by atoms with E-state index < -0.39 is 11.4 Å². The maximum absolute atomic E-state index is 11.2. The standard InChI is InChI=1S/C13H12N2O2/c16-12(17)13(5-6-13)10-1-3-11(4-2-10)15-8-7-14-9-15/h1-4,7-9H,5-6H2,(H,16,17). The zero-order valence-electron chi connectivity index (χ0n) is 9.21. The van der Waals surface area contributed by atoms with E-state index in [1.165, 1.54) is 0 Å². The normalized spacial score (nSPS) is 16.7. The molecule has 3 rings (SSSR count). The van der Waals surface area contributed by atoms with E-state index in [-0.39, 0.29) is 0 Å². The Morgan fingerprint density at radius 3 is 2.47 bits per heavy atom. The molecule has 1 aromatic carbocycles. The third-order valence-electron chi connectivity index (χ3n) is 3.38. The number of hydrogen-bond donors (Lipinski definition) is 1. The van der Waals surface area contributed by atoms with Crippen molar-refractivity contribution < 1.29 is 9.90 Å². The molecule has 0 bridgehead atoms. The molecule has 0 amide bonds. The Labute approximate surface area is 98.5 Å². The summed E-state index contributed by atoms with van der Waals surface area (Å²) in [6.07, 6.45) is 6.78. The second-order valence-electron chi connectivity index (χ2n) is 4.40. The topological polar surface area (TPSA) is 55.1 Å². The van der Waals surface area contributed by atoms with Gasteiger partial charge in [-0.3, -0.25) is 4.79 Å². The van der Waals surface area contributed by atoms with Gasteiger partial charge in [0.15, 0.2) is 0 Å². The molecule has 1 fully saturated rings. The summed E-state index contributed by atoms with van der Waals surface area (Å²) in [6, 6.07) is 7.66. The quantitative estimate of drug-likeness (QED) is 0.874. The summed E-state index contributed by atoms with van der Waals surface area (Å²) in [5, 5.41) is 9.20. The molecule has 17 heavy (non-hydrogen) atoms. The predicted octanol–water partition coefficient (Wildman–Crippen LogP) is 1.99. The summed E-state index contributed by atoms with van der Waals surface area (Å²) in [5.41, 5.74) is 1.27. The number of rotatable bonds is 3. The van der Waals surface area contributed by atoms with Crippen molar-refractivity contribution in [2.45, 2.75) is 18.3 Å². The van der Waals surface area contributed by atoms with E-state index in [1.807, 2.05) is 35.0 Å². The third kappa shape index (κ3) is 1.53. The van der Waals surface area contributed by atoms with Crippen molar-refractivity contribution in [1.82, 2.24) is 9.55 Å². The zero-order valence-corrected chi connectivity index (χ0v) is 9.21. The van der Waals surface area contributed by atoms with Gasteiger partial charge in [-0.25, -0.2) is 4.98 Å². The van der Waals surface area contributed by atoms with Crippen LogP contribution in [0.5, 0.6) is 0 Å². The van der Waals surface area contributed by atoms with E-state index in [0.717, 1.165) is 24.1 Å². The fraction of sp³-hybridized carbons (Fsp3) is 0.231. The van der Waals surface area contributed by atoms with Crippen LogP contribution in [0.4, 0.5) is 0 Å². The monoisotopic (exact) mass is 228 g/mol. The molecule has 4 nitrogen and oxygen atoms in total. The summed E-state index contributed by atoms with van der Waals surface area (Å²) in [5.74, 6) is -0.715. The van der Waals surface area contributed by atoms with Crippen molar-refractivity contribution in [3.05, 3.63) is 48.5 Å². The van der Waals surface area contributed by atoms with E-state index in [1.54, 1.807) is 12.5 Å². The second-order valence-corrected chi connectivity index (χ2v) is 4.40. The van der Waals surface area contributed by atoms with E-state index in [2.05, 4.69) is 4.98 Å². The summed E-state index contributed by atoms with van der Waals surface area (Å²) < 4.78 is 1.89. The molecule has 0 atom stereocenters. The minimum Gasteiger partial charge on any atom is -0.481 e. The molecule has 2 aromatic rings. The van der Waals surface area contributed by atoms with Crippen molar-refractivity contribution in [3.63, 3.8) is 0 Å². The Bertz CT molecular complexity index is 539. The van der Waals surface area contributed by atoms with Gasteiger partial charge in [0.25, 0.3) is 0 Å². The highest BCUT2D eigenvalue weighted by molar-refractivity contribution is 5.84. The van der Waals surface area contributed by atoms with Crippen LogP contribution in [-0.2, 0) is 10.2 Å². The Balaban J connectivity index is 1.94. The van der Waals surface area contributed by atoms with Crippen LogP contribution in [0, 0.1) is 0 Å². The Morgan fingerprint density at radius 1 is 1.29 bits per heavy atom. The number of aliphatic carboxylic acids is 1. The largest absolute Gasteiger partial charge is 0.481 e. The number of hydrogen-bond acceptors (Lipinski definition) is 2. The average Bonchev–Trinajstić information content (AvgIpc) is 2.98. The summed E-state index contributed by atoms with van der Waals surface area (Å²) in [7, 11) is 0. The molecule has 0 unspecified atom stereocenters. The van der Waals surface area contributed by atoms with Gasteiger partial charge in [-0.2, -0.15) is 0 Å². The van der Waals surface area contributed by atoms with Crippen molar-refractivity contribution in [3.8, 4) is 5.69 Å². The fourth-order valence-electron chi connectivity index (χ4n) is 2.12. The Hall–Kier alpha value is -2.10. The first-order valence-electron chi connectivity index (χ1n) is 5.55. The molecule has 1 aliphatic carbocycles. The molecule has 0 saturated heterocycles. The van der Waals surface area contributed by atoms with E-state index in [9.17, 15) is 9.90 Å². The molecular formula is C13H12N2O2. The van der Waals surface area contributed by atoms with Crippen molar-refractivity contribution in [2.24, 2.45) is 0 Å². The molecule has 4 heteroatoms. The van der Waals surface area contributed by atoms with Gasteiger partial charge in [-0.05, 0) is 30.5 Å². The molecule has 86 valence electrons. The van der Waals surface area contributed by atoms with Crippen LogP contribution in [0.25, 0.3) is 5.69 Å². The lowest BCUT2D eigenvalue weighted by Crippen LogP contribution is -2.19. The van der Waals surface area contributed by atoms with E-state index in [4.69, 9.17) is 0 Å². The van der Waals surface area contributed by atoms with Gasteiger partial charge in [0, 0.05) is 18.1 Å². The number of nitrogens with zero attached hydrogens (tertiary/aromatic N) is 2. The highest BCUT2D eigenvalue weighted by Gasteiger charge is 2.51. The van der Waals surface area contributed by atoms with Gasteiger partial charge in [-0.15, -0.1) is 0 Å². The smallest absolute Gasteiger partial charge is 0.314 e. The second kappa shape index (κ2) is 3.45. The maximum atomic E-state index is 11.2. The van der Waals surface area contributed by atoms with Gasteiger partial charge < -0.3 is 9.67 Å². The molecule has 1 aliphatic rings. The lowest BCUT2D eigenvalue weighted by Gasteiger charge is -2.11. The average molecular weight is 228 g/mol. The van der Waals surface area contributed by atoms with Crippen LogP contribution in [0.3, 0.4) is 0 Å². The number of carboxylic acid groups (broad SMARTS) is 1. The lowest BCUT2D eigenvalue weighted by atomic mass is 9.96. The van der Waals surface area contributed by atoms with Crippen molar-refractivity contribution in [2.75, 3.05) is 0 Å². The van der Waals surface area contributed by atoms with Gasteiger partial charge in [-0.1, -0.05) is 12.1 Å². The number of carboxylic acids is 1. The summed E-state index contributed by atoms with van der Waals surface area (Å²) >= 11 is 0. The molecule has 0 aliphatic heterocycles. The highest BCUT2D eigenvalue weighted by Crippen LogP contribution is 2.48. The lowest BCUT2D eigenvalue weighted by molar-refractivity contribution is -0.140. The van der Waals surface area contributed by atoms with Gasteiger partial charge in [0.05, 0.1) is 11.7 Å². The van der Waals surface area contributed by atoms with E-state index >= 15 is 0 Å². The molecule has 1 heterocycles. The summed E-state index contributed by atoms with van der Waals surface area (Å²) in [4.78, 5) is 15.2. The van der Waals surface area contributed by atoms with Gasteiger partial charge in [0.2, 0.25) is 0 Å². The molecule has 0 radical (unpaired) electrons. The fourth-order valence-corrected chi connectivity index (χ4v) is 2.12. The first-order chi connectivity index (χ1) is 8.22. The van der Waals surface area contributed by atoms with Crippen LogP contribution in [0.15, 0.2) is 43.0 Å². The first-order valence-corrected chi connectivity index (χ1v) is 5.55.